The molecule has 0 heterocycles. The standard InChI is InChI=1S/C21H15F6NO2/c22-20(23,24)19(21(25,26)27,13-1-7-16(29)8-2-13)14-3-9-17(10-4-14)30-18-11-5-15(28)6-12-18/h1-12,29H,28H2. The van der Waals surface area contributed by atoms with Crippen molar-refractivity contribution in [1.82, 2.24) is 0 Å². The Bertz CT molecular complexity index is 980. The molecule has 3 N–H and O–H groups in total. The number of benzene rings is 3. The minimum Gasteiger partial charge on any atom is -0.508 e. The van der Waals surface area contributed by atoms with Crippen LogP contribution in [0.4, 0.5) is 32.0 Å². The Morgan fingerprint density at radius 1 is 0.600 bits per heavy atom. The van der Waals surface area contributed by atoms with Crippen molar-refractivity contribution >= 4 is 5.69 Å². The van der Waals surface area contributed by atoms with Crippen molar-refractivity contribution in [3.8, 4) is 17.2 Å². The summed E-state index contributed by atoms with van der Waals surface area (Å²) in [5, 5.41) is 9.31. The van der Waals surface area contributed by atoms with Gasteiger partial charge in [0.05, 0.1) is 0 Å². The number of rotatable bonds is 4. The normalized spacial score (nSPS) is 12.6. The number of anilines is 1. The van der Waals surface area contributed by atoms with E-state index in [0.29, 0.717) is 23.6 Å². The van der Waals surface area contributed by atoms with Crippen molar-refractivity contribution in [3.05, 3.63) is 83.9 Å². The molecule has 3 aromatic carbocycles. The molecule has 0 radical (unpaired) electrons. The van der Waals surface area contributed by atoms with Gasteiger partial charge in [-0.1, -0.05) is 24.3 Å². The highest BCUT2D eigenvalue weighted by Gasteiger charge is 2.72. The average molecular weight is 427 g/mol. The summed E-state index contributed by atoms with van der Waals surface area (Å²) in [7, 11) is 0. The number of aromatic hydroxyl groups is 1. The van der Waals surface area contributed by atoms with Crippen molar-refractivity contribution in [1.29, 1.82) is 0 Å². The van der Waals surface area contributed by atoms with Gasteiger partial charge < -0.3 is 15.6 Å². The largest absolute Gasteiger partial charge is 0.508 e. The fraction of sp³-hybridized carbons (Fsp3) is 0.143. The Morgan fingerprint density at radius 3 is 1.37 bits per heavy atom. The van der Waals surface area contributed by atoms with Crippen LogP contribution in [0.3, 0.4) is 0 Å². The Morgan fingerprint density at radius 2 is 0.967 bits per heavy atom. The zero-order valence-electron chi connectivity index (χ0n) is 15.1. The molecule has 0 bridgehead atoms. The van der Waals surface area contributed by atoms with Crippen LogP contribution in [0.15, 0.2) is 72.8 Å². The summed E-state index contributed by atoms with van der Waals surface area (Å²) in [4.78, 5) is 0. The lowest BCUT2D eigenvalue weighted by Gasteiger charge is -2.38. The number of phenolic OH excluding ortho intramolecular Hbond substituents is 1. The first-order chi connectivity index (χ1) is 13.9. The summed E-state index contributed by atoms with van der Waals surface area (Å²) in [6.07, 6.45) is -11.4. The zero-order valence-corrected chi connectivity index (χ0v) is 15.1. The third-order valence-corrected chi connectivity index (χ3v) is 4.55. The molecule has 0 spiro atoms. The fourth-order valence-corrected chi connectivity index (χ4v) is 3.14. The summed E-state index contributed by atoms with van der Waals surface area (Å²) < 4.78 is 89.5. The Labute approximate surface area is 167 Å². The lowest BCUT2D eigenvalue weighted by Crippen LogP contribution is -2.54. The number of hydrogen-bond donors (Lipinski definition) is 2. The van der Waals surface area contributed by atoms with Crippen LogP contribution in [0.25, 0.3) is 0 Å². The fourth-order valence-electron chi connectivity index (χ4n) is 3.14. The number of nitrogen functional groups attached to an aromatic ring is 1. The van der Waals surface area contributed by atoms with Gasteiger partial charge in [-0.3, -0.25) is 0 Å². The van der Waals surface area contributed by atoms with E-state index in [1.807, 2.05) is 0 Å². The number of halogens is 6. The van der Waals surface area contributed by atoms with E-state index in [-0.39, 0.29) is 5.75 Å². The molecule has 0 aliphatic carbocycles. The van der Waals surface area contributed by atoms with Gasteiger partial charge in [0.2, 0.25) is 5.41 Å². The van der Waals surface area contributed by atoms with Crippen LogP contribution in [0.2, 0.25) is 0 Å². The van der Waals surface area contributed by atoms with Crippen molar-refractivity contribution in [3.63, 3.8) is 0 Å². The second-order valence-electron chi connectivity index (χ2n) is 6.49. The van der Waals surface area contributed by atoms with E-state index in [2.05, 4.69) is 0 Å². The molecule has 0 fully saturated rings. The SMILES string of the molecule is Nc1ccc(Oc2ccc(C(c3ccc(O)cc3)(C(F)(F)F)C(F)(F)F)cc2)cc1. The molecule has 158 valence electrons. The van der Waals surface area contributed by atoms with Gasteiger partial charge in [0.1, 0.15) is 17.2 Å². The first kappa shape index (κ1) is 21.4. The maximum Gasteiger partial charge on any atom is 0.411 e. The van der Waals surface area contributed by atoms with Crippen LogP contribution in [-0.4, -0.2) is 17.5 Å². The van der Waals surface area contributed by atoms with Gasteiger partial charge in [-0.2, -0.15) is 26.3 Å². The van der Waals surface area contributed by atoms with Gasteiger partial charge in [-0.15, -0.1) is 0 Å². The first-order valence-electron chi connectivity index (χ1n) is 8.52. The summed E-state index contributed by atoms with van der Waals surface area (Å²) >= 11 is 0. The summed E-state index contributed by atoms with van der Waals surface area (Å²) in [5.74, 6) is -0.0925. The maximum absolute atomic E-state index is 14.0. The predicted molar refractivity (Wildman–Crippen MR) is 98.4 cm³/mol. The molecule has 0 saturated heterocycles. The van der Waals surface area contributed by atoms with Gasteiger partial charge >= 0.3 is 12.4 Å². The number of nitrogens with two attached hydrogens (primary N) is 1. The monoisotopic (exact) mass is 427 g/mol. The molecular weight excluding hydrogens is 412 g/mol. The second-order valence-corrected chi connectivity index (χ2v) is 6.49. The molecule has 0 aliphatic rings. The molecule has 0 atom stereocenters. The van der Waals surface area contributed by atoms with Gasteiger partial charge in [0.25, 0.3) is 0 Å². The number of hydrogen-bond acceptors (Lipinski definition) is 3. The van der Waals surface area contributed by atoms with E-state index >= 15 is 0 Å². The van der Waals surface area contributed by atoms with Gasteiger partial charge in [0, 0.05) is 5.69 Å². The molecule has 0 aliphatic heterocycles. The zero-order chi connectivity index (χ0) is 22.2. The highest BCUT2D eigenvalue weighted by Crippen LogP contribution is 2.56. The van der Waals surface area contributed by atoms with Gasteiger partial charge in [-0.05, 0) is 59.7 Å². The topological polar surface area (TPSA) is 55.5 Å². The Hall–Kier alpha value is -3.36. The van der Waals surface area contributed by atoms with Crippen LogP contribution in [0, 0.1) is 0 Å². The van der Waals surface area contributed by atoms with E-state index in [1.54, 1.807) is 0 Å². The van der Waals surface area contributed by atoms with Crippen LogP contribution in [0.1, 0.15) is 11.1 Å². The molecule has 3 rings (SSSR count). The minimum absolute atomic E-state index is 0.0486. The number of phenols is 1. The molecule has 0 saturated carbocycles. The molecule has 30 heavy (non-hydrogen) atoms. The van der Waals surface area contributed by atoms with E-state index < -0.39 is 34.6 Å². The Kier molecular flexibility index (Phi) is 5.32. The van der Waals surface area contributed by atoms with E-state index in [1.165, 1.54) is 24.3 Å². The van der Waals surface area contributed by atoms with E-state index in [0.717, 1.165) is 36.4 Å². The molecule has 3 aromatic rings. The first-order valence-corrected chi connectivity index (χ1v) is 8.52. The number of alkyl halides is 6. The molecular formula is C21H15F6NO2. The highest BCUT2D eigenvalue weighted by atomic mass is 19.4. The number of ether oxygens (including phenoxy) is 1. The third-order valence-electron chi connectivity index (χ3n) is 4.55. The summed E-state index contributed by atoms with van der Waals surface area (Å²) in [6, 6.07) is 12.4. The minimum atomic E-state index is -5.71. The van der Waals surface area contributed by atoms with Crippen LogP contribution in [0.5, 0.6) is 17.2 Å². The quantitative estimate of drug-likeness (QED) is 0.386. The Balaban J connectivity index is 2.10. The van der Waals surface area contributed by atoms with E-state index in [9.17, 15) is 31.4 Å². The summed E-state index contributed by atoms with van der Waals surface area (Å²) in [6.45, 7) is 0. The van der Waals surface area contributed by atoms with E-state index in [4.69, 9.17) is 10.5 Å². The molecule has 3 nitrogen and oxygen atoms in total. The van der Waals surface area contributed by atoms with Crippen LogP contribution < -0.4 is 10.5 Å². The molecule has 0 unspecified atom stereocenters. The van der Waals surface area contributed by atoms with Gasteiger partial charge in [-0.25, -0.2) is 0 Å². The third kappa shape index (κ3) is 3.74. The lowest BCUT2D eigenvalue weighted by atomic mass is 9.73. The summed E-state index contributed by atoms with van der Waals surface area (Å²) in [5.41, 5.74) is -0.362. The highest BCUT2D eigenvalue weighted by molar-refractivity contribution is 5.48. The lowest BCUT2D eigenvalue weighted by molar-refractivity contribution is -0.288. The van der Waals surface area contributed by atoms with Crippen LogP contribution >= 0.6 is 0 Å². The second kappa shape index (κ2) is 7.47. The van der Waals surface area contributed by atoms with Crippen LogP contribution in [-0.2, 0) is 5.41 Å². The van der Waals surface area contributed by atoms with Crippen molar-refractivity contribution < 1.29 is 36.2 Å². The van der Waals surface area contributed by atoms with Gasteiger partial charge in [0.15, 0.2) is 0 Å². The molecule has 0 amide bonds. The van der Waals surface area contributed by atoms with Crippen molar-refractivity contribution in [2.45, 2.75) is 17.8 Å². The average Bonchev–Trinajstić information content (AvgIpc) is 2.65. The smallest absolute Gasteiger partial charge is 0.411 e. The molecule has 9 heteroatoms. The van der Waals surface area contributed by atoms with Crippen molar-refractivity contribution in [2.75, 3.05) is 5.73 Å². The predicted octanol–water partition coefficient (Wildman–Crippen LogP) is 6.18. The maximum atomic E-state index is 14.0. The van der Waals surface area contributed by atoms with Crippen molar-refractivity contribution in [2.24, 2.45) is 0 Å². The molecule has 0 aromatic heterocycles.